The van der Waals surface area contributed by atoms with Crippen molar-refractivity contribution < 1.29 is 18.7 Å². The first kappa shape index (κ1) is 17.3. The second-order valence-electron chi connectivity index (χ2n) is 4.67. The van der Waals surface area contributed by atoms with Gasteiger partial charge in [0.2, 0.25) is 5.82 Å². The zero-order chi connectivity index (χ0) is 17.7. The van der Waals surface area contributed by atoms with E-state index in [0.717, 1.165) is 0 Å². The molecule has 2 aromatic rings. The van der Waals surface area contributed by atoms with Crippen LogP contribution in [-0.2, 0) is 6.54 Å². The largest absolute Gasteiger partial charge is 0.496 e. The average Bonchev–Trinajstić information content (AvgIpc) is 2.56. The van der Waals surface area contributed by atoms with Crippen LogP contribution in [0.2, 0.25) is 0 Å². The molecule has 1 amide bonds. The van der Waals surface area contributed by atoms with Crippen molar-refractivity contribution in [1.82, 2.24) is 14.9 Å². The SMILES string of the molecule is CCOc1ccc(CNC(=O)n2cc(F)c(=O)[nH]c2=O)c(OC)c1. The molecule has 2 N–H and O–H groups in total. The van der Waals surface area contributed by atoms with Gasteiger partial charge in [-0.15, -0.1) is 0 Å². The lowest BCUT2D eigenvalue weighted by Crippen LogP contribution is -2.40. The Morgan fingerprint density at radius 3 is 2.79 bits per heavy atom. The van der Waals surface area contributed by atoms with Gasteiger partial charge in [-0.1, -0.05) is 0 Å². The summed E-state index contributed by atoms with van der Waals surface area (Å²) in [5.41, 5.74) is -1.58. The molecule has 0 aliphatic heterocycles. The van der Waals surface area contributed by atoms with E-state index in [1.807, 2.05) is 6.92 Å². The van der Waals surface area contributed by atoms with Crippen LogP contribution in [0.25, 0.3) is 0 Å². The third kappa shape index (κ3) is 3.80. The van der Waals surface area contributed by atoms with Gasteiger partial charge in [-0.3, -0.25) is 9.78 Å². The number of carbonyl (C=O) groups excluding carboxylic acids is 1. The Bertz CT molecular complexity index is 859. The van der Waals surface area contributed by atoms with Gasteiger partial charge in [0.05, 0.1) is 19.9 Å². The molecular formula is C15H16FN3O5. The Labute approximate surface area is 135 Å². The lowest BCUT2D eigenvalue weighted by atomic mass is 10.2. The van der Waals surface area contributed by atoms with Crippen molar-refractivity contribution in [2.75, 3.05) is 13.7 Å². The van der Waals surface area contributed by atoms with Gasteiger partial charge in [-0.25, -0.2) is 14.2 Å². The molecule has 0 unspecified atom stereocenters. The van der Waals surface area contributed by atoms with Crippen LogP contribution in [0.4, 0.5) is 9.18 Å². The number of amides is 1. The summed E-state index contributed by atoms with van der Waals surface area (Å²) in [5, 5.41) is 2.44. The topological polar surface area (TPSA) is 102 Å². The quantitative estimate of drug-likeness (QED) is 0.842. The summed E-state index contributed by atoms with van der Waals surface area (Å²) in [4.78, 5) is 36.2. The first-order valence-electron chi connectivity index (χ1n) is 7.05. The number of benzene rings is 1. The predicted octanol–water partition coefficient (Wildman–Crippen LogP) is 0.841. The maximum Gasteiger partial charge on any atom is 0.336 e. The Kier molecular flexibility index (Phi) is 5.35. The summed E-state index contributed by atoms with van der Waals surface area (Å²) in [6.07, 6.45) is 0.534. The highest BCUT2D eigenvalue weighted by Gasteiger charge is 2.12. The fourth-order valence-electron chi connectivity index (χ4n) is 1.98. The molecule has 0 radical (unpaired) electrons. The first-order valence-corrected chi connectivity index (χ1v) is 7.05. The summed E-state index contributed by atoms with van der Waals surface area (Å²) in [6.45, 7) is 2.38. The number of rotatable bonds is 5. The maximum atomic E-state index is 13.2. The zero-order valence-electron chi connectivity index (χ0n) is 13.1. The van der Waals surface area contributed by atoms with E-state index >= 15 is 0 Å². The molecule has 1 heterocycles. The molecular weight excluding hydrogens is 321 g/mol. The van der Waals surface area contributed by atoms with Crippen LogP contribution < -0.4 is 26.0 Å². The number of methoxy groups -OCH3 is 1. The average molecular weight is 337 g/mol. The van der Waals surface area contributed by atoms with Crippen molar-refractivity contribution in [3.63, 3.8) is 0 Å². The predicted molar refractivity (Wildman–Crippen MR) is 83.1 cm³/mol. The van der Waals surface area contributed by atoms with E-state index in [1.165, 1.54) is 7.11 Å². The first-order chi connectivity index (χ1) is 11.5. The van der Waals surface area contributed by atoms with Gasteiger partial charge >= 0.3 is 11.7 Å². The number of halogens is 1. The normalized spacial score (nSPS) is 10.3. The Morgan fingerprint density at radius 1 is 1.38 bits per heavy atom. The Morgan fingerprint density at radius 2 is 2.12 bits per heavy atom. The monoisotopic (exact) mass is 337 g/mol. The van der Waals surface area contributed by atoms with Gasteiger partial charge in [0.25, 0.3) is 5.56 Å². The molecule has 9 heteroatoms. The Balaban J connectivity index is 2.16. The second-order valence-corrected chi connectivity index (χ2v) is 4.67. The van der Waals surface area contributed by atoms with Gasteiger partial charge < -0.3 is 14.8 Å². The van der Waals surface area contributed by atoms with E-state index in [9.17, 15) is 18.8 Å². The van der Waals surface area contributed by atoms with Crippen molar-refractivity contribution in [3.05, 3.63) is 56.6 Å². The van der Waals surface area contributed by atoms with Gasteiger partial charge in [0, 0.05) is 18.2 Å². The molecule has 1 aromatic heterocycles. The van der Waals surface area contributed by atoms with Gasteiger partial charge in [0.1, 0.15) is 11.5 Å². The second kappa shape index (κ2) is 7.44. The van der Waals surface area contributed by atoms with Gasteiger partial charge in [-0.2, -0.15) is 4.39 Å². The minimum atomic E-state index is -1.23. The number of aromatic nitrogens is 2. The molecule has 1 aromatic carbocycles. The standard InChI is InChI=1S/C15H16FN3O5/c1-3-24-10-5-4-9(12(6-10)23-2)7-17-14(21)19-8-11(16)13(20)18-15(19)22/h4-6,8H,3,7H2,1-2H3,(H,17,21)(H,18,20,22). The number of H-pyrrole nitrogens is 1. The fourth-order valence-corrected chi connectivity index (χ4v) is 1.98. The molecule has 128 valence electrons. The van der Waals surface area contributed by atoms with Crippen molar-refractivity contribution in [2.45, 2.75) is 13.5 Å². The van der Waals surface area contributed by atoms with E-state index in [0.29, 0.717) is 34.4 Å². The molecule has 0 bridgehead atoms. The lowest BCUT2D eigenvalue weighted by Gasteiger charge is -2.12. The molecule has 8 nitrogen and oxygen atoms in total. The smallest absolute Gasteiger partial charge is 0.336 e. The zero-order valence-corrected chi connectivity index (χ0v) is 13.1. The summed E-state index contributed by atoms with van der Waals surface area (Å²) >= 11 is 0. The molecule has 0 aliphatic carbocycles. The third-order valence-electron chi connectivity index (χ3n) is 3.12. The van der Waals surface area contributed by atoms with E-state index in [1.54, 1.807) is 23.2 Å². The molecule has 0 atom stereocenters. The van der Waals surface area contributed by atoms with Crippen LogP contribution in [0.3, 0.4) is 0 Å². The van der Waals surface area contributed by atoms with Gasteiger partial charge in [-0.05, 0) is 19.1 Å². The van der Waals surface area contributed by atoms with Crippen LogP contribution in [0.1, 0.15) is 12.5 Å². The van der Waals surface area contributed by atoms with Crippen molar-refractivity contribution >= 4 is 6.03 Å². The highest BCUT2D eigenvalue weighted by molar-refractivity contribution is 5.76. The van der Waals surface area contributed by atoms with Crippen molar-refractivity contribution in [3.8, 4) is 11.5 Å². The number of nitrogens with zero attached hydrogens (tertiary/aromatic N) is 1. The minimum absolute atomic E-state index is 0.0294. The molecule has 0 aliphatic rings. The molecule has 0 spiro atoms. The summed E-state index contributed by atoms with van der Waals surface area (Å²) in [5.74, 6) is -0.131. The number of hydrogen-bond donors (Lipinski definition) is 2. The molecule has 24 heavy (non-hydrogen) atoms. The van der Waals surface area contributed by atoms with Crippen LogP contribution in [0.5, 0.6) is 11.5 Å². The van der Waals surface area contributed by atoms with Crippen LogP contribution >= 0.6 is 0 Å². The number of ether oxygens (including phenoxy) is 2. The molecule has 2 rings (SSSR count). The van der Waals surface area contributed by atoms with E-state index in [4.69, 9.17) is 9.47 Å². The van der Waals surface area contributed by atoms with Crippen LogP contribution in [0.15, 0.2) is 34.0 Å². The van der Waals surface area contributed by atoms with Crippen molar-refractivity contribution in [2.24, 2.45) is 0 Å². The lowest BCUT2D eigenvalue weighted by molar-refractivity contribution is 0.240. The molecule has 0 saturated carbocycles. The fraction of sp³-hybridized carbons (Fsp3) is 0.267. The summed E-state index contributed by atoms with van der Waals surface area (Å²) in [6, 6.07) is 4.18. The third-order valence-corrected chi connectivity index (χ3v) is 3.12. The summed E-state index contributed by atoms with van der Waals surface area (Å²) in [7, 11) is 1.47. The van der Waals surface area contributed by atoms with E-state index in [2.05, 4.69) is 5.32 Å². The Hall–Kier alpha value is -3.10. The highest BCUT2D eigenvalue weighted by Crippen LogP contribution is 2.24. The minimum Gasteiger partial charge on any atom is -0.496 e. The van der Waals surface area contributed by atoms with Crippen LogP contribution in [-0.4, -0.2) is 29.3 Å². The van der Waals surface area contributed by atoms with Crippen molar-refractivity contribution in [1.29, 1.82) is 0 Å². The number of hydrogen-bond acceptors (Lipinski definition) is 5. The van der Waals surface area contributed by atoms with Crippen LogP contribution in [0, 0.1) is 5.82 Å². The number of aromatic amines is 1. The molecule has 0 saturated heterocycles. The number of nitrogens with one attached hydrogen (secondary N) is 2. The maximum absolute atomic E-state index is 13.2. The molecule has 0 fully saturated rings. The van der Waals surface area contributed by atoms with Gasteiger partial charge in [0.15, 0.2) is 0 Å². The highest BCUT2D eigenvalue weighted by atomic mass is 19.1. The van der Waals surface area contributed by atoms with E-state index in [-0.39, 0.29) is 6.54 Å². The van der Waals surface area contributed by atoms with E-state index < -0.39 is 23.1 Å². The number of carbonyl (C=O) groups is 1. The summed E-state index contributed by atoms with van der Waals surface area (Å²) < 4.78 is 24.2.